The molecule has 3 aliphatic heterocycles. The van der Waals surface area contributed by atoms with Crippen LogP contribution in [0.1, 0.15) is 18.1 Å². The summed E-state index contributed by atoms with van der Waals surface area (Å²) in [4.78, 5) is 1.58. The molecule has 0 amide bonds. The molecular weight excluding hydrogens is 474 g/mol. The largest absolute Gasteiger partial charge is 0.370 e. The van der Waals surface area contributed by atoms with Gasteiger partial charge in [0.25, 0.3) is 0 Å². The van der Waals surface area contributed by atoms with E-state index in [4.69, 9.17) is 10.5 Å². The zero-order valence-corrected chi connectivity index (χ0v) is 18.9. The summed E-state index contributed by atoms with van der Waals surface area (Å²) in [5.74, 6) is -3.09. The highest BCUT2D eigenvalue weighted by Crippen LogP contribution is 2.36. The summed E-state index contributed by atoms with van der Waals surface area (Å²) in [6.45, 7) is 1.54. The van der Waals surface area contributed by atoms with Gasteiger partial charge in [-0.3, -0.25) is 4.90 Å². The van der Waals surface area contributed by atoms with E-state index in [9.17, 15) is 26.0 Å². The third-order valence-electron chi connectivity index (χ3n) is 6.72. The van der Waals surface area contributed by atoms with E-state index in [1.165, 1.54) is 4.31 Å². The fraction of sp³-hybridized carbons (Fsp3) is 0.391. The molecule has 0 bridgehead atoms. The van der Waals surface area contributed by atoms with Crippen molar-refractivity contribution < 1.29 is 30.7 Å². The predicted octanol–water partition coefficient (Wildman–Crippen LogP) is 2.72. The minimum atomic E-state index is -4.10. The molecule has 0 radical (unpaired) electrons. The Balaban J connectivity index is 1.22. The molecule has 6 nitrogen and oxygen atoms in total. The topological polar surface area (TPSA) is 75.9 Å². The lowest BCUT2D eigenvalue weighted by atomic mass is 9.93. The summed E-state index contributed by atoms with van der Waals surface area (Å²) in [6.07, 6.45) is -0.245. The fourth-order valence-corrected chi connectivity index (χ4v) is 6.45. The van der Waals surface area contributed by atoms with Crippen molar-refractivity contribution in [1.82, 2.24) is 9.21 Å². The fourth-order valence-electron chi connectivity index (χ4n) is 4.98. The number of halogens is 4. The van der Waals surface area contributed by atoms with Crippen molar-refractivity contribution in [1.29, 1.82) is 0 Å². The first-order valence-corrected chi connectivity index (χ1v) is 12.3. The molecule has 3 unspecified atom stereocenters. The van der Waals surface area contributed by atoms with E-state index in [0.717, 1.165) is 41.5 Å². The molecule has 2 aromatic carbocycles. The second-order valence-corrected chi connectivity index (χ2v) is 10.8. The molecule has 1 saturated heterocycles. The molecule has 5 rings (SSSR count). The van der Waals surface area contributed by atoms with Crippen LogP contribution >= 0.6 is 0 Å². The number of ether oxygens (including phenoxy) is 1. The summed E-state index contributed by atoms with van der Waals surface area (Å²) < 4.78 is 87.8. The molecule has 3 heterocycles. The smallest absolute Gasteiger partial charge is 0.246 e. The van der Waals surface area contributed by atoms with Crippen LogP contribution in [0.25, 0.3) is 0 Å². The third-order valence-corrected chi connectivity index (χ3v) is 8.54. The van der Waals surface area contributed by atoms with E-state index in [0.29, 0.717) is 25.6 Å². The Kier molecular flexibility index (Phi) is 6.01. The van der Waals surface area contributed by atoms with Crippen molar-refractivity contribution in [2.75, 3.05) is 32.8 Å². The number of nitrogens with zero attached hydrogens (tertiary/aromatic N) is 2. The van der Waals surface area contributed by atoms with Crippen molar-refractivity contribution in [3.05, 3.63) is 76.4 Å². The molecule has 0 aromatic heterocycles. The van der Waals surface area contributed by atoms with Gasteiger partial charge in [0.2, 0.25) is 10.0 Å². The Morgan fingerprint density at radius 3 is 2.18 bits per heavy atom. The summed E-state index contributed by atoms with van der Waals surface area (Å²) in [5, 5.41) is 0. The summed E-state index contributed by atoms with van der Waals surface area (Å²) in [6, 6.07) is 5.02. The Labute approximate surface area is 194 Å². The molecule has 2 N–H and O–H groups in total. The van der Waals surface area contributed by atoms with Gasteiger partial charge < -0.3 is 10.5 Å². The van der Waals surface area contributed by atoms with E-state index in [1.807, 2.05) is 0 Å². The van der Waals surface area contributed by atoms with Gasteiger partial charge in [-0.2, -0.15) is 4.31 Å². The molecule has 3 aliphatic rings. The van der Waals surface area contributed by atoms with Crippen molar-refractivity contribution in [3.8, 4) is 0 Å². The highest BCUT2D eigenvalue weighted by atomic mass is 32.2. The maximum Gasteiger partial charge on any atom is 0.246 e. The lowest BCUT2D eigenvalue weighted by Gasteiger charge is -2.39. The first kappa shape index (κ1) is 23.4. The molecule has 182 valence electrons. The van der Waals surface area contributed by atoms with E-state index >= 15 is 0 Å². The summed E-state index contributed by atoms with van der Waals surface area (Å²) in [7, 11) is -4.10. The maximum absolute atomic E-state index is 14.2. The van der Waals surface area contributed by atoms with Crippen LogP contribution in [0.2, 0.25) is 0 Å². The van der Waals surface area contributed by atoms with Crippen LogP contribution < -0.4 is 5.73 Å². The standard InChI is InChI=1S/C23H23F4N3O3S/c24-15-1-3-19(26)18(5-15)23-21(28)7-17(12-33-23)29-8-13-10-30(11-14(13)9-29)34(31,32)22-4-2-16(25)6-20(22)27/h1-6,17,21,23H,7-12,28H2. The van der Waals surface area contributed by atoms with Crippen LogP contribution in [-0.2, 0) is 14.8 Å². The van der Waals surface area contributed by atoms with Crippen LogP contribution in [0, 0.1) is 23.3 Å². The quantitative estimate of drug-likeness (QED) is 0.520. The molecule has 3 atom stereocenters. The minimum Gasteiger partial charge on any atom is -0.370 e. The highest BCUT2D eigenvalue weighted by Gasteiger charge is 2.41. The summed E-state index contributed by atoms with van der Waals surface area (Å²) in [5.41, 5.74) is 8.22. The molecule has 34 heavy (non-hydrogen) atoms. The number of sulfonamides is 1. The number of benzene rings is 2. The van der Waals surface area contributed by atoms with Gasteiger partial charge >= 0.3 is 0 Å². The molecule has 2 aromatic rings. The molecule has 0 spiro atoms. The summed E-state index contributed by atoms with van der Waals surface area (Å²) >= 11 is 0. The van der Waals surface area contributed by atoms with E-state index in [2.05, 4.69) is 4.90 Å². The second-order valence-electron chi connectivity index (χ2n) is 8.93. The van der Waals surface area contributed by atoms with Crippen molar-refractivity contribution in [2.24, 2.45) is 5.73 Å². The molecular formula is C23H23F4N3O3S. The lowest BCUT2D eigenvalue weighted by molar-refractivity contribution is -0.0467. The van der Waals surface area contributed by atoms with Gasteiger partial charge in [-0.05, 0) is 47.9 Å². The van der Waals surface area contributed by atoms with Crippen molar-refractivity contribution in [2.45, 2.75) is 29.5 Å². The SMILES string of the molecule is NC1CC(N2CC3=C(C2)CN(S(=O)(=O)c2ccc(F)cc2F)C3)COC1c1cc(F)ccc1F. The average molecular weight is 498 g/mol. The van der Waals surface area contributed by atoms with Gasteiger partial charge in [0.15, 0.2) is 0 Å². The van der Waals surface area contributed by atoms with Crippen LogP contribution in [0.5, 0.6) is 0 Å². The Bertz CT molecular complexity index is 1250. The first-order valence-electron chi connectivity index (χ1n) is 10.8. The molecule has 11 heteroatoms. The van der Waals surface area contributed by atoms with E-state index in [-0.39, 0.29) is 31.3 Å². The monoisotopic (exact) mass is 497 g/mol. The minimum absolute atomic E-state index is 0.0620. The second kappa shape index (κ2) is 8.72. The first-order chi connectivity index (χ1) is 16.1. The van der Waals surface area contributed by atoms with Gasteiger partial charge in [-0.25, -0.2) is 26.0 Å². The number of nitrogens with two attached hydrogens (primary N) is 1. The molecule has 0 aliphatic carbocycles. The van der Waals surface area contributed by atoms with Gasteiger partial charge in [-0.15, -0.1) is 0 Å². The average Bonchev–Trinajstić information content (AvgIpc) is 3.35. The maximum atomic E-state index is 14.2. The van der Waals surface area contributed by atoms with Crippen LogP contribution in [0.15, 0.2) is 52.4 Å². The third kappa shape index (κ3) is 4.16. The van der Waals surface area contributed by atoms with Crippen LogP contribution in [-0.4, -0.2) is 62.5 Å². The van der Waals surface area contributed by atoms with Crippen molar-refractivity contribution in [3.63, 3.8) is 0 Å². The van der Waals surface area contributed by atoms with Crippen molar-refractivity contribution >= 4 is 10.0 Å². The van der Waals surface area contributed by atoms with Gasteiger partial charge in [0, 0.05) is 49.9 Å². The zero-order valence-electron chi connectivity index (χ0n) is 18.1. The van der Waals surface area contributed by atoms with E-state index < -0.39 is 50.3 Å². The van der Waals surface area contributed by atoms with Gasteiger partial charge in [-0.1, -0.05) is 0 Å². The lowest BCUT2D eigenvalue weighted by Crippen LogP contribution is -2.49. The van der Waals surface area contributed by atoms with Crippen LogP contribution in [0.3, 0.4) is 0 Å². The Morgan fingerprint density at radius 1 is 0.882 bits per heavy atom. The van der Waals surface area contributed by atoms with Gasteiger partial charge in [0.05, 0.1) is 6.61 Å². The number of rotatable bonds is 4. The Morgan fingerprint density at radius 2 is 1.53 bits per heavy atom. The number of hydrogen-bond donors (Lipinski definition) is 1. The normalized spacial score (nSPS) is 26.3. The Hall–Kier alpha value is -2.31. The highest BCUT2D eigenvalue weighted by molar-refractivity contribution is 7.89. The van der Waals surface area contributed by atoms with E-state index in [1.54, 1.807) is 0 Å². The molecule has 1 fully saturated rings. The van der Waals surface area contributed by atoms with Gasteiger partial charge in [0.1, 0.15) is 34.3 Å². The van der Waals surface area contributed by atoms with Crippen LogP contribution in [0.4, 0.5) is 17.6 Å². The number of hydrogen-bond acceptors (Lipinski definition) is 5. The zero-order chi connectivity index (χ0) is 24.2. The predicted molar refractivity (Wildman–Crippen MR) is 115 cm³/mol. The molecule has 0 saturated carbocycles.